The number of nitrogens with zero attached hydrogens (tertiary/aromatic N) is 2. The largest absolute Gasteiger partial charge is 0.496 e. The molecule has 1 N–H and O–H groups in total. The van der Waals surface area contributed by atoms with Crippen molar-refractivity contribution in [3.8, 4) is 11.5 Å². The maximum Gasteiger partial charge on any atom is 0.134 e. The van der Waals surface area contributed by atoms with E-state index in [0.717, 1.165) is 50.9 Å². The van der Waals surface area contributed by atoms with Gasteiger partial charge in [0.05, 0.1) is 24.2 Å². The second kappa shape index (κ2) is 9.92. The number of para-hydroxylation sites is 1. The van der Waals surface area contributed by atoms with Crippen LogP contribution in [-0.2, 0) is 6.61 Å². The van der Waals surface area contributed by atoms with Crippen LogP contribution < -0.4 is 9.47 Å². The number of pyridine rings is 1. The molecule has 168 valence electrons. The van der Waals surface area contributed by atoms with E-state index in [0.29, 0.717) is 6.61 Å². The van der Waals surface area contributed by atoms with Crippen molar-refractivity contribution in [1.29, 1.82) is 0 Å². The van der Waals surface area contributed by atoms with Crippen LogP contribution >= 0.6 is 0 Å². The zero-order valence-corrected chi connectivity index (χ0v) is 18.6. The van der Waals surface area contributed by atoms with Gasteiger partial charge in [-0.15, -0.1) is 0 Å². The summed E-state index contributed by atoms with van der Waals surface area (Å²) in [7, 11) is 1.64. The van der Waals surface area contributed by atoms with Crippen molar-refractivity contribution in [2.24, 2.45) is 0 Å². The minimum Gasteiger partial charge on any atom is -0.496 e. The minimum absolute atomic E-state index is 0.400. The van der Waals surface area contributed by atoms with Gasteiger partial charge in [0.2, 0.25) is 0 Å². The third-order valence-corrected chi connectivity index (χ3v) is 5.24. The van der Waals surface area contributed by atoms with Crippen LogP contribution in [0.3, 0.4) is 0 Å². The Labute approximate surface area is 197 Å². The molecule has 0 atom stereocenters. The van der Waals surface area contributed by atoms with Crippen LogP contribution in [0.15, 0.2) is 83.4 Å². The molecule has 0 bridgehead atoms. The lowest BCUT2D eigenvalue weighted by Gasteiger charge is -2.09. The van der Waals surface area contributed by atoms with Crippen LogP contribution in [-0.4, -0.2) is 22.3 Å². The molecule has 0 radical (unpaired) electrons. The zero-order chi connectivity index (χ0) is 23.2. The summed E-state index contributed by atoms with van der Waals surface area (Å²) in [6.45, 7) is 0.400. The molecule has 2 aromatic carbocycles. The Morgan fingerprint density at radius 2 is 1.82 bits per heavy atom. The maximum atomic E-state index is 5.84. The third-order valence-electron chi connectivity index (χ3n) is 5.24. The first-order chi connectivity index (χ1) is 16.8. The van der Waals surface area contributed by atoms with Crippen molar-refractivity contribution in [2.45, 2.75) is 6.61 Å². The first-order valence-corrected chi connectivity index (χ1v) is 10.9. The molecule has 3 aromatic heterocycles. The van der Waals surface area contributed by atoms with E-state index in [1.807, 2.05) is 97.1 Å². The van der Waals surface area contributed by atoms with Crippen molar-refractivity contribution in [3.05, 3.63) is 107 Å². The van der Waals surface area contributed by atoms with E-state index in [-0.39, 0.29) is 0 Å². The lowest BCUT2D eigenvalue weighted by atomic mass is 10.1. The van der Waals surface area contributed by atoms with Crippen molar-refractivity contribution in [3.63, 3.8) is 0 Å². The molecule has 0 aliphatic carbocycles. The minimum atomic E-state index is 0.400. The fourth-order valence-electron chi connectivity index (χ4n) is 3.52. The van der Waals surface area contributed by atoms with Crippen LogP contribution in [0.2, 0.25) is 0 Å². The molecular formula is C28H23N3O3. The number of aromatic nitrogens is 3. The number of nitrogens with one attached hydrogen (secondary N) is 1. The molecular weight excluding hydrogens is 426 g/mol. The Morgan fingerprint density at radius 1 is 0.912 bits per heavy atom. The Kier molecular flexibility index (Phi) is 6.21. The maximum absolute atomic E-state index is 5.84. The summed E-state index contributed by atoms with van der Waals surface area (Å²) in [6.07, 6.45) is 9.51. The number of ether oxygens (including phenoxy) is 2. The lowest BCUT2D eigenvalue weighted by molar-refractivity contribution is 0.299. The van der Waals surface area contributed by atoms with E-state index >= 15 is 0 Å². The smallest absolute Gasteiger partial charge is 0.134 e. The SMILES string of the molecule is COc1cc(OCc2ccccn2)ccc1C=Cc1cc(C=Cc2cc3ccccc3o2)[nH]n1. The van der Waals surface area contributed by atoms with E-state index in [2.05, 4.69) is 15.2 Å². The van der Waals surface area contributed by atoms with Gasteiger partial charge in [-0.3, -0.25) is 10.1 Å². The zero-order valence-electron chi connectivity index (χ0n) is 18.6. The van der Waals surface area contributed by atoms with Gasteiger partial charge in [0.25, 0.3) is 0 Å². The average molecular weight is 450 g/mol. The molecule has 5 aromatic rings. The number of fused-ring (bicyclic) bond motifs is 1. The standard InChI is InChI=1S/C28H23N3O3/c1-32-28-18-25(33-19-24-7-4-5-15-29-24)13-10-20(28)9-11-22-17-23(31-30-22)12-14-26-16-21-6-2-3-8-27(21)34-26/h2-18H,19H2,1H3,(H,30,31). The molecule has 0 aliphatic heterocycles. The molecule has 6 nitrogen and oxygen atoms in total. The van der Waals surface area contributed by atoms with Crippen molar-refractivity contribution in [1.82, 2.24) is 15.2 Å². The predicted octanol–water partition coefficient (Wildman–Crippen LogP) is 6.48. The van der Waals surface area contributed by atoms with Crippen molar-refractivity contribution in [2.75, 3.05) is 7.11 Å². The van der Waals surface area contributed by atoms with E-state index in [1.54, 1.807) is 13.3 Å². The van der Waals surface area contributed by atoms with Gasteiger partial charge in [0, 0.05) is 23.2 Å². The number of rotatable bonds is 8. The van der Waals surface area contributed by atoms with Crippen LogP contribution in [0, 0.1) is 0 Å². The quantitative estimate of drug-likeness (QED) is 0.293. The number of furan rings is 1. The highest BCUT2D eigenvalue weighted by atomic mass is 16.5. The van der Waals surface area contributed by atoms with Crippen LogP contribution in [0.4, 0.5) is 0 Å². The summed E-state index contributed by atoms with van der Waals surface area (Å²) in [5.74, 6) is 2.23. The summed E-state index contributed by atoms with van der Waals surface area (Å²) in [5.41, 5.74) is 4.36. The molecule has 0 fully saturated rings. The second-order valence-electron chi connectivity index (χ2n) is 7.61. The molecule has 3 heterocycles. The highest BCUT2D eigenvalue weighted by molar-refractivity contribution is 5.81. The van der Waals surface area contributed by atoms with Gasteiger partial charge in [-0.25, -0.2) is 0 Å². The van der Waals surface area contributed by atoms with Gasteiger partial charge in [0.15, 0.2) is 0 Å². The summed E-state index contributed by atoms with van der Waals surface area (Å²) in [4.78, 5) is 4.27. The first kappa shape index (κ1) is 21.3. The van der Waals surface area contributed by atoms with Crippen molar-refractivity contribution < 1.29 is 13.9 Å². The van der Waals surface area contributed by atoms with E-state index in [4.69, 9.17) is 13.9 Å². The molecule has 0 amide bonds. The summed E-state index contributed by atoms with van der Waals surface area (Å²) < 4.78 is 17.2. The molecule has 0 saturated heterocycles. The third kappa shape index (κ3) is 5.07. The number of benzene rings is 2. The summed E-state index contributed by atoms with van der Waals surface area (Å²) in [5, 5.41) is 8.47. The van der Waals surface area contributed by atoms with Crippen LogP contribution in [0.1, 0.15) is 28.4 Å². The summed E-state index contributed by atoms with van der Waals surface area (Å²) in [6, 6.07) is 23.4. The van der Waals surface area contributed by atoms with Gasteiger partial charge in [0.1, 0.15) is 29.4 Å². The number of hydrogen-bond acceptors (Lipinski definition) is 5. The van der Waals surface area contributed by atoms with Gasteiger partial charge in [-0.05, 0) is 66.8 Å². The Morgan fingerprint density at radius 3 is 2.68 bits per heavy atom. The number of hydrogen-bond donors (Lipinski definition) is 1. The van der Waals surface area contributed by atoms with Crippen molar-refractivity contribution >= 4 is 35.3 Å². The van der Waals surface area contributed by atoms with Gasteiger partial charge < -0.3 is 13.9 Å². The fraction of sp³-hybridized carbons (Fsp3) is 0.0714. The molecule has 34 heavy (non-hydrogen) atoms. The summed E-state index contributed by atoms with van der Waals surface area (Å²) >= 11 is 0. The number of methoxy groups -OCH3 is 1. The van der Waals surface area contributed by atoms with Gasteiger partial charge >= 0.3 is 0 Å². The Balaban J connectivity index is 1.24. The Hall–Kier alpha value is -4.58. The van der Waals surface area contributed by atoms with E-state index < -0.39 is 0 Å². The normalized spacial score (nSPS) is 11.6. The molecule has 0 aliphatic rings. The molecule has 5 rings (SSSR count). The highest BCUT2D eigenvalue weighted by Gasteiger charge is 2.05. The Bertz CT molecular complexity index is 1420. The number of H-pyrrole nitrogens is 1. The molecule has 6 heteroatoms. The highest BCUT2D eigenvalue weighted by Crippen LogP contribution is 2.27. The monoisotopic (exact) mass is 449 g/mol. The molecule has 0 spiro atoms. The van der Waals surface area contributed by atoms with Gasteiger partial charge in [-0.1, -0.05) is 24.3 Å². The van der Waals surface area contributed by atoms with E-state index in [9.17, 15) is 0 Å². The molecule has 0 unspecified atom stereocenters. The average Bonchev–Trinajstić information content (AvgIpc) is 3.52. The topological polar surface area (TPSA) is 73.2 Å². The van der Waals surface area contributed by atoms with Crippen LogP contribution in [0.5, 0.6) is 11.5 Å². The van der Waals surface area contributed by atoms with Crippen LogP contribution in [0.25, 0.3) is 35.3 Å². The van der Waals surface area contributed by atoms with Gasteiger partial charge in [-0.2, -0.15) is 5.10 Å². The number of aromatic amines is 1. The predicted molar refractivity (Wildman–Crippen MR) is 134 cm³/mol. The van der Waals surface area contributed by atoms with E-state index in [1.165, 1.54) is 0 Å². The fourth-order valence-corrected chi connectivity index (χ4v) is 3.52. The first-order valence-electron chi connectivity index (χ1n) is 10.9. The lowest BCUT2D eigenvalue weighted by Crippen LogP contribution is -1.98. The second-order valence-corrected chi connectivity index (χ2v) is 7.61. The molecule has 0 saturated carbocycles.